The molecule has 0 aliphatic rings. The van der Waals surface area contributed by atoms with Crippen LogP contribution < -0.4 is 15.4 Å². The first-order chi connectivity index (χ1) is 15.7. The van der Waals surface area contributed by atoms with Crippen LogP contribution in [0.15, 0.2) is 97.3 Å². The fraction of sp³-hybridized carbons (Fsp3) is 0.0800. The van der Waals surface area contributed by atoms with E-state index in [9.17, 15) is 9.59 Å². The van der Waals surface area contributed by atoms with E-state index in [0.29, 0.717) is 17.1 Å². The van der Waals surface area contributed by atoms with Crippen molar-refractivity contribution < 1.29 is 14.3 Å². The van der Waals surface area contributed by atoms with Gasteiger partial charge in [-0.25, -0.2) is 0 Å². The van der Waals surface area contributed by atoms with Gasteiger partial charge < -0.3 is 15.4 Å². The number of hydrogen-bond donors (Lipinski definition) is 2. The zero-order valence-corrected chi connectivity index (χ0v) is 17.3. The molecule has 1 aromatic heterocycles. The summed E-state index contributed by atoms with van der Waals surface area (Å²) in [6.45, 7) is 0.0171. The highest BCUT2D eigenvalue weighted by Crippen LogP contribution is 2.21. The molecule has 0 atom stereocenters. The molecule has 0 bridgehead atoms. The standard InChI is InChI=1S/C25H22N4O3/c30-24(17-29-16-4-15-26-29)27-22-11-13-23(14-12-22)32-18-25(31)28-21-9-7-20(8-10-21)19-5-2-1-3-6-19/h1-16H,17-18H2,(H,27,30)(H,28,31). The van der Waals surface area contributed by atoms with E-state index in [4.69, 9.17) is 4.74 Å². The van der Waals surface area contributed by atoms with Crippen LogP contribution in [0.25, 0.3) is 11.1 Å². The lowest BCUT2D eigenvalue weighted by atomic mass is 10.1. The Hall–Kier alpha value is -4.39. The van der Waals surface area contributed by atoms with Crippen molar-refractivity contribution >= 4 is 23.2 Å². The average Bonchev–Trinajstić information content (AvgIpc) is 3.32. The Bertz CT molecular complexity index is 1160. The van der Waals surface area contributed by atoms with E-state index in [-0.39, 0.29) is 25.0 Å². The van der Waals surface area contributed by atoms with Crippen LogP contribution >= 0.6 is 0 Å². The lowest BCUT2D eigenvalue weighted by Crippen LogP contribution is -2.20. The number of benzene rings is 3. The summed E-state index contributed by atoms with van der Waals surface area (Å²) in [5.74, 6) is 0.0961. The predicted molar refractivity (Wildman–Crippen MR) is 123 cm³/mol. The number of carbonyl (C=O) groups is 2. The maximum Gasteiger partial charge on any atom is 0.262 e. The molecule has 0 aliphatic heterocycles. The molecule has 0 saturated heterocycles. The summed E-state index contributed by atoms with van der Waals surface area (Å²) in [6.07, 6.45) is 3.34. The van der Waals surface area contributed by atoms with Crippen LogP contribution in [0.2, 0.25) is 0 Å². The smallest absolute Gasteiger partial charge is 0.262 e. The van der Waals surface area contributed by atoms with Gasteiger partial charge in [-0.3, -0.25) is 14.3 Å². The molecule has 4 rings (SSSR count). The quantitative estimate of drug-likeness (QED) is 0.442. The largest absolute Gasteiger partial charge is 0.484 e. The van der Waals surface area contributed by atoms with Crippen molar-refractivity contribution in [2.24, 2.45) is 0 Å². The van der Waals surface area contributed by atoms with Crippen LogP contribution in [-0.2, 0) is 16.1 Å². The lowest BCUT2D eigenvalue weighted by Gasteiger charge is -2.10. The number of ether oxygens (including phenoxy) is 1. The van der Waals surface area contributed by atoms with Crippen molar-refractivity contribution in [2.75, 3.05) is 17.2 Å². The summed E-state index contributed by atoms with van der Waals surface area (Å²) in [5.41, 5.74) is 3.54. The number of amides is 2. The van der Waals surface area contributed by atoms with Crippen LogP contribution in [0.1, 0.15) is 0 Å². The van der Waals surface area contributed by atoms with Crippen LogP contribution in [0.3, 0.4) is 0 Å². The highest BCUT2D eigenvalue weighted by atomic mass is 16.5. The van der Waals surface area contributed by atoms with Crippen LogP contribution in [-0.4, -0.2) is 28.2 Å². The first-order valence-corrected chi connectivity index (χ1v) is 10.1. The van der Waals surface area contributed by atoms with E-state index in [1.165, 1.54) is 0 Å². The van der Waals surface area contributed by atoms with Crippen molar-refractivity contribution in [3.05, 3.63) is 97.3 Å². The first-order valence-electron chi connectivity index (χ1n) is 10.1. The molecule has 0 spiro atoms. The van der Waals surface area contributed by atoms with Gasteiger partial charge in [-0.15, -0.1) is 0 Å². The monoisotopic (exact) mass is 426 g/mol. The molecule has 1 heterocycles. The van der Waals surface area contributed by atoms with Gasteiger partial charge in [-0.2, -0.15) is 5.10 Å². The van der Waals surface area contributed by atoms with E-state index >= 15 is 0 Å². The summed E-state index contributed by atoms with van der Waals surface area (Å²) >= 11 is 0. The third-order valence-corrected chi connectivity index (χ3v) is 4.65. The van der Waals surface area contributed by atoms with E-state index in [1.807, 2.05) is 54.6 Å². The highest BCUT2D eigenvalue weighted by molar-refractivity contribution is 5.92. The molecule has 0 unspecified atom stereocenters. The van der Waals surface area contributed by atoms with Gasteiger partial charge in [0.25, 0.3) is 5.91 Å². The van der Waals surface area contributed by atoms with E-state index in [0.717, 1.165) is 11.1 Å². The number of aromatic nitrogens is 2. The van der Waals surface area contributed by atoms with E-state index in [2.05, 4.69) is 15.7 Å². The van der Waals surface area contributed by atoms with Gasteiger partial charge in [-0.05, 0) is 53.6 Å². The van der Waals surface area contributed by atoms with Gasteiger partial charge in [0, 0.05) is 23.8 Å². The molecule has 0 fully saturated rings. The number of carbonyl (C=O) groups excluding carboxylic acids is 2. The second kappa shape index (κ2) is 10.1. The molecule has 2 amide bonds. The molecular formula is C25H22N4O3. The molecule has 7 heteroatoms. The van der Waals surface area contributed by atoms with Crippen molar-refractivity contribution in [1.29, 1.82) is 0 Å². The minimum Gasteiger partial charge on any atom is -0.484 e. The summed E-state index contributed by atoms with van der Waals surface area (Å²) in [5, 5.41) is 9.61. The van der Waals surface area contributed by atoms with Crippen molar-refractivity contribution in [2.45, 2.75) is 6.54 Å². The summed E-state index contributed by atoms with van der Waals surface area (Å²) in [6, 6.07) is 26.3. The Morgan fingerprint density at radius 2 is 1.38 bits per heavy atom. The van der Waals surface area contributed by atoms with Crippen molar-refractivity contribution in [3.8, 4) is 16.9 Å². The molecule has 0 radical (unpaired) electrons. The Morgan fingerprint density at radius 1 is 0.750 bits per heavy atom. The molecule has 0 saturated carbocycles. The lowest BCUT2D eigenvalue weighted by molar-refractivity contribution is -0.118. The fourth-order valence-electron chi connectivity index (χ4n) is 3.10. The second-order valence-electron chi connectivity index (χ2n) is 7.06. The van der Waals surface area contributed by atoms with Crippen LogP contribution in [0.5, 0.6) is 5.75 Å². The van der Waals surface area contributed by atoms with Gasteiger partial charge in [0.15, 0.2) is 6.61 Å². The average molecular weight is 426 g/mol. The SMILES string of the molecule is O=C(COc1ccc(NC(=O)Cn2cccn2)cc1)Nc1ccc(-c2ccccc2)cc1. The maximum atomic E-state index is 12.2. The van der Waals surface area contributed by atoms with E-state index in [1.54, 1.807) is 47.4 Å². The van der Waals surface area contributed by atoms with Gasteiger partial charge in [0.05, 0.1) is 0 Å². The summed E-state index contributed by atoms with van der Waals surface area (Å²) in [7, 11) is 0. The first kappa shape index (κ1) is 20.9. The van der Waals surface area contributed by atoms with Gasteiger partial charge in [0.1, 0.15) is 12.3 Å². The number of anilines is 2. The number of nitrogens with zero attached hydrogens (tertiary/aromatic N) is 2. The fourth-order valence-corrected chi connectivity index (χ4v) is 3.10. The summed E-state index contributed by atoms with van der Waals surface area (Å²) in [4.78, 5) is 24.2. The normalized spacial score (nSPS) is 10.4. The second-order valence-corrected chi connectivity index (χ2v) is 7.06. The minimum absolute atomic E-state index is 0.120. The maximum absolute atomic E-state index is 12.2. The van der Waals surface area contributed by atoms with Crippen molar-refractivity contribution in [1.82, 2.24) is 9.78 Å². The minimum atomic E-state index is -0.255. The number of nitrogens with one attached hydrogen (secondary N) is 2. The van der Waals surface area contributed by atoms with Gasteiger partial charge >= 0.3 is 0 Å². The zero-order chi connectivity index (χ0) is 22.2. The van der Waals surface area contributed by atoms with E-state index < -0.39 is 0 Å². The molecule has 160 valence electrons. The van der Waals surface area contributed by atoms with Gasteiger partial charge in [0.2, 0.25) is 5.91 Å². The Labute approximate surface area is 185 Å². The third-order valence-electron chi connectivity index (χ3n) is 4.65. The van der Waals surface area contributed by atoms with Crippen LogP contribution in [0, 0.1) is 0 Å². The Morgan fingerprint density at radius 3 is 2.03 bits per heavy atom. The molecular weight excluding hydrogens is 404 g/mol. The Kier molecular flexibility index (Phi) is 6.57. The third kappa shape index (κ3) is 5.82. The summed E-state index contributed by atoms with van der Waals surface area (Å²) < 4.78 is 7.08. The molecule has 2 N–H and O–H groups in total. The topological polar surface area (TPSA) is 85.2 Å². The molecule has 4 aromatic rings. The molecule has 0 aliphatic carbocycles. The highest BCUT2D eigenvalue weighted by Gasteiger charge is 2.06. The van der Waals surface area contributed by atoms with Gasteiger partial charge in [-0.1, -0.05) is 42.5 Å². The predicted octanol–water partition coefficient (Wildman–Crippen LogP) is 4.21. The Balaban J connectivity index is 1.23. The number of hydrogen-bond acceptors (Lipinski definition) is 4. The molecule has 32 heavy (non-hydrogen) atoms. The molecule has 7 nitrogen and oxygen atoms in total. The van der Waals surface area contributed by atoms with Crippen LogP contribution in [0.4, 0.5) is 11.4 Å². The molecule has 3 aromatic carbocycles. The van der Waals surface area contributed by atoms with Crippen molar-refractivity contribution in [3.63, 3.8) is 0 Å². The zero-order valence-electron chi connectivity index (χ0n) is 17.3. The number of rotatable bonds is 8.